The van der Waals surface area contributed by atoms with Crippen molar-refractivity contribution >= 4 is 25.7 Å². The van der Waals surface area contributed by atoms with Gasteiger partial charge in [0.05, 0.1) is 16.7 Å². The summed E-state index contributed by atoms with van der Waals surface area (Å²) in [4.78, 5) is 12.7. The minimum atomic E-state index is -3.80. The van der Waals surface area contributed by atoms with Crippen LogP contribution in [0, 0.1) is 0 Å². The van der Waals surface area contributed by atoms with Gasteiger partial charge in [-0.1, -0.05) is 30.3 Å². The number of benzene rings is 2. The molecule has 1 N–H and O–H groups in total. The number of hydrogen-bond acceptors (Lipinski definition) is 5. The predicted molar refractivity (Wildman–Crippen MR) is 121 cm³/mol. The van der Waals surface area contributed by atoms with Gasteiger partial charge in [-0.3, -0.25) is 4.90 Å². The van der Waals surface area contributed by atoms with Gasteiger partial charge in [0.2, 0.25) is 0 Å². The SMILES string of the molecule is CC(C)N1C(=O)NCC1(c1cccc(-c2cccc(S(C)(=O)=O)c2)c1)S(=O)(=O)C(C)C. The Labute approximate surface area is 184 Å². The summed E-state index contributed by atoms with van der Waals surface area (Å²) >= 11 is 0. The number of urea groups is 1. The minimum Gasteiger partial charge on any atom is -0.334 e. The van der Waals surface area contributed by atoms with E-state index in [2.05, 4.69) is 5.32 Å². The highest BCUT2D eigenvalue weighted by Crippen LogP contribution is 2.42. The molecule has 2 aromatic carbocycles. The Kier molecular flexibility index (Phi) is 5.96. The lowest BCUT2D eigenvalue weighted by Gasteiger charge is -2.40. The normalized spacial score (nSPS) is 19.8. The van der Waals surface area contributed by atoms with Gasteiger partial charge in [0.25, 0.3) is 0 Å². The Morgan fingerprint density at radius 3 is 2.06 bits per heavy atom. The molecular weight excluding hydrogens is 436 g/mol. The van der Waals surface area contributed by atoms with E-state index >= 15 is 0 Å². The van der Waals surface area contributed by atoms with Gasteiger partial charge in [-0.25, -0.2) is 21.6 Å². The molecule has 1 heterocycles. The molecule has 1 atom stereocenters. The third-order valence-electron chi connectivity index (χ3n) is 5.60. The quantitative estimate of drug-likeness (QED) is 0.708. The van der Waals surface area contributed by atoms with Crippen molar-refractivity contribution in [3.63, 3.8) is 0 Å². The Morgan fingerprint density at radius 1 is 0.935 bits per heavy atom. The fourth-order valence-electron chi connectivity index (χ4n) is 4.06. The zero-order valence-electron chi connectivity index (χ0n) is 18.3. The zero-order chi connectivity index (χ0) is 23.2. The van der Waals surface area contributed by atoms with E-state index in [0.717, 1.165) is 6.26 Å². The lowest BCUT2D eigenvalue weighted by Crippen LogP contribution is -2.55. The number of hydrogen-bond donors (Lipinski definition) is 1. The van der Waals surface area contributed by atoms with Crippen LogP contribution in [0.1, 0.15) is 33.3 Å². The van der Waals surface area contributed by atoms with Crippen molar-refractivity contribution in [2.75, 3.05) is 12.8 Å². The number of nitrogens with zero attached hydrogens (tertiary/aromatic N) is 1. The van der Waals surface area contributed by atoms with E-state index in [1.165, 1.54) is 11.0 Å². The second kappa shape index (κ2) is 7.94. The summed E-state index contributed by atoms with van der Waals surface area (Å²) in [6.07, 6.45) is 1.14. The van der Waals surface area contributed by atoms with Crippen LogP contribution in [0.2, 0.25) is 0 Å². The molecule has 0 aliphatic carbocycles. The van der Waals surface area contributed by atoms with Crippen LogP contribution in [0.3, 0.4) is 0 Å². The van der Waals surface area contributed by atoms with Crippen molar-refractivity contribution < 1.29 is 21.6 Å². The fourth-order valence-corrected chi connectivity index (χ4v) is 6.81. The van der Waals surface area contributed by atoms with Gasteiger partial charge in [-0.15, -0.1) is 0 Å². The number of carbonyl (C=O) groups excluding carboxylic acids is 1. The fraction of sp³-hybridized carbons (Fsp3) is 0.409. The van der Waals surface area contributed by atoms with Gasteiger partial charge in [0.15, 0.2) is 24.5 Å². The van der Waals surface area contributed by atoms with Gasteiger partial charge in [-0.05, 0) is 62.6 Å². The highest BCUT2D eigenvalue weighted by atomic mass is 32.2. The first-order chi connectivity index (χ1) is 14.3. The van der Waals surface area contributed by atoms with Crippen LogP contribution in [0.25, 0.3) is 11.1 Å². The molecule has 0 bridgehead atoms. The third kappa shape index (κ3) is 3.85. The summed E-state index contributed by atoms with van der Waals surface area (Å²) in [6, 6.07) is 12.7. The van der Waals surface area contributed by atoms with E-state index in [0.29, 0.717) is 16.7 Å². The molecular formula is C22H28N2O5S2. The van der Waals surface area contributed by atoms with Gasteiger partial charge in [0.1, 0.15) is 0 Å². The molecule has 31 heavy (non-hydrogen) atoms. The monoisotopic (exact) mass is 464 g/mol. The maximum Gasteiger partial charge on any atom is 0.319 e. The van der Waals surface area contributed by atoms with Crippen molar-refractivity contribution in [2.45, 2.75) is 48.8 Å². The first-order valence-electron chi connectivity index (χ1n) is 10.0. The zero-order valence-corrected chi connectivity index (χ0v) is 19.9. The molecule has 9 heteroatoms. The molecule has 1 unspecified atom stereocenters. The standard InChI is InChI=1S/C22H28N2O5S2/c1-15(2)24-21(25)23-14-22(24,31(28,29)16(3)4)19-10-6-8-17(12-19)18-9-7-11-20(13-18)30(5,26)27/h6-13,15-16H,14H2,1-5H3,(H,23,25). The van der Waals surface area contributed by atoms with E-state index in [9.17, 15) is 21.6 Å². The Morgan fingerprint density at radius 2 is 1.52 bits per heavy atom. The van der Waals surface area contributed by atoms with Gasteiger partial charge in [0, 0.05) is 12.3 Å². The molecule has 1 aliphatic rings. The highest BCUT2D eigenvalue weighted by molar-refractivity contribution is 7.93. The molecule has 0 saturated carbocycles. The summed E-state index contributed by atoms with van der Waals surface area (Å²) in [6.45, 7) is 6.73. The van der Waals surface area contributed by atoms with E-state index in [4.69, 9.17) is 0 Å². The maximum absolute atomic E-state index is 13.6. The van der Waals surface area contributed by atoms with Gasteiger partial charge < -0.3 is 5.32 Å². The Balaban J connectivity index is 2.26. The summed E-state index contributed by atoms with van der Waals surface area (Å²) < 4.78 is 51.2. The largest absolute Gasteiger partial charge is 0.334 e. The van der Waals surface area contributed by atoms with Crippen molar-refractivity contribution in [2.24, 2.45) is 0 Å². The van der Waals surface area contributed by atoms with Crippen molar-refractivity contribution in [1.82, 2.24) is 10.2 Å². The van der Waals surface area contributed by atoms with Crippen LogP contribution in [-0.4, -0.2) is 51.9 Å². The first kappa shape index (κ1) is 23.3. The maximum atomic E-state index is 13.6. The molecule has 2 aromatic rings. The molecule has 3 rings (SSSR count). The Bertz CT molecular complexity index is 1220. The van der Waals surface area contributed by atoms with Crippen LogP contribution in [0.5, 0.6) is 0 Å². The molecule has 2 amide bonds. The van der Waals surface area contributed by atoms with Crippen molar-refractivity contribution in [3.8, 4) is 11.1 Å². The van der Waals surface area contributed by atoms with E-state index < -0.39 is 35.8 Å². The molecule has 168 valence electrons. The second-order valence-corrected chi connectivity index (χ2v) is 13.1. The Hall–Kier alpha value is -2.39. The number of carbonyl (C=O) groups is 1. The van der Waals surface area contributed by atoms with E-state index in [-0.39, 0.29) is 17.5 Å². The molecule has 1 saturated heterocycles. The summed E-state index contributed by atoms with van der Waals surface area (Å²) in [7, 11) is -7.19. The number of amides is 2. The lowest BCUT2D eigenvalue weighted by molar-refractivity contribution is 0.170. The van der Waals surface area contributed by atoms with Crippen molar-refractivity contribution in [3.05, 3.63) is 54.1 Å². The van der Waals surface area contributed by atoms with E-state index in [1.807, 2.05) is 0 Å². The van der Waals surface area contributed by atoms with Crippen LogP contribution in [0.15, 0.2) is 53.4 Å². The number of rotatable bonds is 6. The third-order valence-corrected chi connectivity index (χ3v) is 9.47. The van der Waals surface area contributed by atoms with Crippen LogP contribution in [-0.2, 0) is 24.5 Å². The summed E-state index contributed by atoms with van der Waals surface area (Å²) in [5, 5.41) is 2.01. The first-order valence-corrected chi connectivity index (χ1v) is 13.5. The summed E-state index contributed by atoms with van der Waals surface area (Å²) in [5.74, 6) is 0. The molecule has 1 aliphatic heterocycles. The number of sulfone groups is 2. The lowest BCUT2D eigenvalue weighted by atomic mass is 9.98. The predicted octanol–water partition coefficient (Wildman–Crippen LogP) is 3.17. The molecule has 0 aromatic heterocycles. The average molecular weight is 465 g/mol. The van der Waals surface area contributed by atoms with Gasteiger partial charge >= 0.3 is 6.03 Å². The van der Waals surface area contributed by atoms with Gasteiger partial charge in [-0.2, -0.15) is 0 Å². The molecule has 7 nitrogen and oxygen atoms in total. The average Bonchev–Trinajstić information content (AvgIpc) is 3.06. The van der Waals surface area contributed by atoms with Crippen LogP contribution >= 0.6 is 0 Å². The number of nitrogens with one attached hydrogen (secondary N) is 1. The topological polar surface area (TPSA) is 101 Å². The molecule has 0 spiro atoms. The second-order valence-electron chi connectivity index (χ2n) is 8.38. The van der Waals surface area contributed by atoms with Crippen LogP contribution < -0.4 is 5.32 Å². The summed E-state index contributed by atoms with van der Waals surface area (Å²) in [5.41, 5.74) is 1.79. The van der Waals surface area contributed by atoms with Crippen LogP contribution in [0.4, 0.5) is 4.79 Å². The molecule has 1 fully saturated rings. The smallest absolute Gasteiger partial charge is 0.319 e. The van der Waals surface area contributed by atoms with Crippen molar-refractivity contribution in [1.29, 1.82) is 0 Å². The van der Waals surface area contributed by atoms with E-state index in [1.54, 1.807) is 70.2 Å². The minimum absolute atomic E-state index is 0.0582. The molecule has 0 radical (unpaired) electrons. The highest BCUT2D eigenvalue weighted by Gasteiger charge is 2.58.